The molecular formula is C19H25NO4. The van der Waals surface area contributed by atoms with Gasteiger partial charge in [-0.15, -0.1) is 0 Å². The molecule has 2 N–H and O–H groups in total. The fraction of sp³-hybridized carbons (Fsp3) is 0.474. The molecule has 1 aromatic carbocycles. The van der Waals surface area contributed by atoms with Crippen molar-refractivity contribution in [3.05, 3.63) is 35.6 Å². The SMILES string of the molecule is CCC(CC)(CC(=O)N[C@@H](C)c1oc2ccccc2c1C)C(=O)O. The van der Waals surface area contributed by atoms with E-state index in [1.54, 1.807) is 13.8 Å². The number of amides is 1. The molecule has 0 spiro atoms. The second kappa shape index (κ2) is 7.07. The summed E-state index contributed by atoms with van der Waals surface area (Å²) in [6.07, 6.45) is 0.813. The number of carboxylic acids is 1. The van der Waals surface area contributed by atoms with Gasteiger partial charge in [-0.25, -0.2) is 0 Å². The molecular weight excluding hydrogens is 306 g/mol. The van der Waals surface area contributed by atoms with Crippen LogP contribution in [0.4, 0.5) is 0 Å². The highest BCUT2D eigenvalue weighted by atomic mass is 16.4. The topological polar surface area (TPSA) is 79.5 Å². The average molecular weight is 331 g/mol. The molecule has 0 aliphatic rings. The van der Waals surface area contributed by atoms with Crippen LogP contribution < -0.4 is 5.32 Å². The monoisotopic (exact) mass is 331 g/mol. The lowest BCUT2D eigenvalue weighted by Crippen LogP contribution is -2.37. The number of carboxylic acid groups (broad SMARTS) is 1. The molecule has 1 amide bonds. The highest BCUT2D eigenvalue weighted by Crippen LogP contribution is 2.32. The minimum absolute atomic E-state index is 0.0288. The van der Waals surface area contributed by atoms with Crippen molar-refractivity contribution in [2.75, 3.05) is 0 Å². The summed E-state index contributed by atoms with van der Waals surface area (Å²) in [4.78, 5) is 23.9. The smallest absolute Gasteiger partial charge is 0.310 e. The van der Waals surface area contributed by atoms with Crippen molar-refractivity contribution >= 4 is 22.8 Å². The lowest BCUT2D eigenvalue weighted by molar-refractivity contribution is -0.152. The zero-order valence-corrected chi connectivity index (χ0v) is 14.7. The van der Waals surface area contributed by atoms with Crippen LogP contribution in [0.1, 0.15) is 57.4 Å². The third-order valence-corrected chi connectivity index (χ3v) is 4.96. The summed E-state index contributed by atoms with van der Waals surface area (Å²) in [6, 6.07) is 7.41. The Balaban J connectivity index is 2.16. The van der Waals surface area contributed by atoms with Crippen molar-refractivity contribution in [2.45, 2.75) is 53.0 Å². The number of carbonyl (C=O) groups is 2. The van der Waals surface area contributed by atoms with Crippen LogP contribution in [0.25, 0.3) is 11.0 Å². The number of carbonyl (C=O) groups excluding carboxylic acids is 1. The zero-order chi connectivity index (χ0) is 17.9. The second-order valence-electron chi connectivity index (χ2n) is 6.35. The van der Waals surface area contributed by atoms with Crippen molar-refractivity contribution in [1.82, 2.24) is 5.32 Å². The summed E-state index contributed by atoms with van der Waals surface area (Å²) in [6.45, 7) is 7.42. The number of hydrogen-bond donors (Lipinski definition) is 2. The van der Waals surface area contributed by atoms with Crippen LogP contribution >= 0.6 is 0 Å². The number of benzene rings is 1. The fourth-order valence-electron chi connectivity index (χ4n) is 3.15. The van der Waals surface area contributed by atoms with Crippen LogP contribution in [0.3, 0.4) is 0 Å². The number of para-hydroxylation sites is 1. The largest absolute Gasteiger partial charge is 0.481 e. The number of aliphatic carboxylic acids is 1. The number of fused-ring (bicyclic) bond motifs is 1. The van der Waals surface area contributed by atoms with E-state index in [-0.39, 0.29) is 18.4 Å². The minimum Gasteiger partial charge on any atom is -0.481 e. The first-order valence-corrected chi connectivity index (χ1v) is 8.35. The van der Waals surface area contributed by atoms with Crippen LogP contribution in [-0.4, -0.2) is 17.0 Å². The fourth-order valence-corrected chi connectivity index (χ4v) is 3.15. The van der Waals surface area contributed by atoms with Crippen LogP contribution in [0, 0.1) is 12.3 Å². The summed E-state index contributed by atoms with van der Waals surface area (Å²) >= 11 is 0. The quantitative estimate of drug-likeness (QED) is 0.797. The van der Waals surface area contributed by atoms with Crippen LogP contribution in [0.2, 0.25) is 0 Å². The molecule has 5 nitrogen and oxygen atoms in total. The molecule has 2 rings (SSSR count). The highest BCUT2D eigenvalue weighted by Gasteiger charge is 2.37. The average Bonchev–Trinajstić information content (AvgIpc) is 2.90. The van der Waals surface area contributed by atoms with E-state index in [0.29, 0.717) is 18.6 Å². The van der Waals surface area contributed by atoms with Crippen LogP contribution in [0.15, 0.2) is 28.7 Å². The van der Waals surface area contributed by atoms with Crippen molar-refractivity contribution in [2.24, 2.45) is 5.41 Å². The molecule has 0 radical (unpaired) electrons. The van der Waals surface area contributed by atoms with Gasteiger partial charge in [-0.05, 0) is 32.8 Å². The number of rotatable bonds is 7. The van der Waals surface area contributed by atoms with Gasteiger partial charge in [0.15, 0.2) is 0 Å². The number of aryl methyl sites for hydroxylation is 1. The van der Waals surface area contributed by atoms with Gasteiger partial charge in [0.05, 0.1) is 11.5 Å². The Bertz CT molecular complexity index is 743. The summed E-state index contributed by atoms with van der Waals surface area (Å²) in [7, 11) is 0. The van der Waals surface area contributed by atoms with Gasteiger partial charge in [-0.1, -0.05) is 32.0 Å². The lowest BCUT2D eigenvalue weighted by atomic mass is 9.79. The predicted octanol–water partition coefficient (Wildman–Crippen LogP) is 4.20. The first-order valence-electron chi connectivity index (χ1n) is 8.35. The predicted molar refractivity (Wildman–Crippen MR) is 92.8 cm³/mol. The van der Waals surface area contributed by atoms with E-state index in [1.165, 1.54) is 0 Å². The van der Waals surface area contributed by atoms with E-state index in [9.17, 15) is 14.7 Å². The molecule has 0 unspecified atom stereocenters. The summed E-state index contributed by atoms with van der Waals surface area (Å²) < 4.78 is 5.86. The van der Waals surface area contributed by atoms with E-state index < -0.39 is 11.4 Å². The molecule has 0 saturated carbocycles. The van der Waals surface area contributed by atoms with Crippen LogP contribution in [0.5, 0.6) is 0 Å². The molecule has 5 heteroatoms. The van der Waals surface area contributed by atoms with Crippen LogP contribution in [-0.2, 0) is 9.59 Å². The zero-order valence-electron chi connectivity index (χ0n) is 14.7. The van der Waals surface area contributed by atoms with Crippen molar-refractivity contribution in [3.63, 3.8) is 0 Å². The molecule has 130 valence electrons. The highest BCUT2D eigenvalue weighted by molar-refractivity contribution is 5.86. The Morgan fingerprint density at radius 3 is 2.42 bits per heavy atom. The van der Waals surface area contributed by atoms with E-state index in [2.05, 4.69) is 5.32 Å². The van der Waals surface area contributed by atoms with E-state index >= 15 is 0 Å². The number of nitrogens with one attached hydrogen (secondary N) is 1. The Morgan fingerprint density at radius 2 is 1.88 bits per heavy atom. The number of hydrogen-bond acceptors (Lipinski definition) is 3. The van der Waals surface area contributed by atoms with Gasteiger partial charge >= 0.3 is 5.97 Å². The van der Waals surface area contributed by atoms with Gasteiger partial charge in [0, 0.05) is 17.4 Å². The summed E-state index contributed by atoms with van der Waals surface area (Å²) in [5.41, 5.74) is 0.772. The van der Waals surface area contributed by atoms with Gasteiger partial charge in [0.2, 0.25) is 5.91 Å². The van der Waals surface area contributed by atoms with Gasteiger partial charge in [0.25, 0.3) is 0 Å². The van der Waals surface area contributed by atoms with Gasteiger partial charge in [-0.2, -0.15) is 0 Å². The van der Waals surface area contributed by atoms with E-state index in [4.69, 9.17) is 4.42 Å². The van der Waals surface area contributed by atoms with Gasteiger partial charge in [0.1, 0.15) is 11.3 Å². The standard InChI is InChI=1S/C19H25NO4/c1-5-19(6-2,18(22)23)11-16(21)20-13(4)17-12(3)14-9-7-8-10-15(14)24-17/h7-10,13H,5-6,11H2,1-4H3,(H,20,21)(H,22,23)/t13-/m0/s1. The summed E-state index contributed by atoms with van der Waals surface area (Å²) in [5, 5.41) is 13.4. The molecule has 1 aromatic heterocycles. The lowest BCUT2D eigenvalue weighted by Gasteiger charge is -2.26. The molecule has 2 aromatic rings. The summed E-state index contributed by atoms with van der Waals surface area (Å²) in [5.74, 6) is -0.484. The Kier molecular flexibility index (Phi) is 5.32. The molecule has 0 aliphatic heterocycles. The Morgan fingerprint density at radius 1 is 1.25 bits per heavy atom. The molecule has 0 aliphatic carbocycles. The Labute approximate surface area is 142 Å². The number of furan rings is 1. The molecule has 0 bridgehead atoms. The maximum absolute atomic E-state index is 12.4. The third kappa shape index (κ3) is 3.30. The first-order chi connectivity index (χ1) is 11.3. The molecule has 1 heterocycles. The normalized spacial score (nSPS) is 13.0. The molecule has 0 fully saturated rings. The Hall–Kier alpha value is -2.30. The molecule has 1 atom stereocenters. The van der Waals surface area contributed by atoms with Crippen molar-refractivity contribution in [1.29, 1.82) is 0 Å². The maximum atomic E-state index is 12.4. The maximum Gasteiger partial charge on any atom is 0.310 e. The minimum atomic E-state index is -1.01. The van der Waals surface area contributed by atoms with Crippen molar-refractivity contribution in [3.8, 4) is 0 Å². The van der Waals surface area contributed by atoms with Gasteiger partial charge < -0.3 is 14.8 Å². The molecule has 0 saturated heterocycles. The van der Waals surface area contributed by atoms with E-state index in [0.717, 1.165) is 16.5 Å². The van der Waals surface area contributed by atoms with Crippen molar-refractivity contribution < 1.29 is 19.1 Å². The van der Waals surface area contributed by atoms with E-state index in [1.807, 2.05) is 38.1 Å². The second-order valence-corrected chi connectivity index (χ2v) is 6.35. The van der Waals surface area contributed by atoms with Gasteiger partial charge in [-0.3, -0.25) is 9.59 Å². The first kappa shape index (κ1) is 18.0. The molecule has 24 heavy (non-hydrogen) atoms. The third-order valence-electron chi connectivity index (χ3n) is 4.96.